The van der Waals surface area contributed by atoms with Gasteiger partial charge >= 0.3 is 0 Å². The number of aryl methyl sites for hydroxylation is 1. The summed E-state index contributed by atoms with van der Waals surface area (Å²) in [6.45, 7) is 2.23. The number of ether oxygens (including phenoxy) is 1. The van der Waals surface area contributed by atoms with E-state index in [4.69, 9.17) is 9.57 Å². The molecule has 1 N–H and O–H groups in total. The molecule has 0 saturated carbocycles. The van der Waals surface area contributed by atoms with E-state index in [1.165, 1.54) is 6.92 Å². The van der Waals surface area contributed by atoms with Gasteiger partial charge in [-0.3, -0.25) is 9.48 Å². The Morgan fingerprint density at radius 2 is 2.25 bits per heavy atom. The zero-order valence-electron chi connectivity index (χ0n) is 15.9. The SMILES string of the molecule is CC(CCn1cc2cc(Br)ccc2n1)(C(=O)NOC1CCCCO1)S(C)(=O)=O. The van der Waals surface area contributed by atoms with Crippen LogP contribution in [0.2, 0.25) is 0 Å². The highest BCUT2D eigenvalue weighted by atomic mass is 79.9. The van der Waals surface area contributed by atoms with Crippen LogP contribution >= 0.6 is 15.9 Å². The van der Waals surface area contributed by atoms with Crippen LogP contribution in [0.1, 0.15) is 32.6 Å². The molecule has 2 atom stereocenters. The molecule has 0 bridgehead atoms. The number of sulfone groups is 1. The van der Waals surface area contributed by atoms with E-state index in [0.29, 0.717) is 13.0 Å². The molecule has 28 heavy (non-hydrogen) atoms. The van der Waals surface area contributed by atoms with Crippen molar-refractivity contribution in [1.29, 1.82) is 0 Å². The van der Waals surface area contributed by atoms with Gasteiger partial charge in [-0.05, 0) is 44.4 Å². The van der Waals surface area contributed by atoms with Crippen LogP contribution in [-0.4, -0.2) is 48.0 Å². The first kappa shape index (κ1) is 21.2. The lowest BCUT2D eigenvalue weighted by atomic mass is 10.1. The van der Waals surface area contributed by atoms with Gasteiger partial charge in [0.25, 0.3) is 5.91 Å². The second kappa shape index (κ2) is 8.48. The maximum absolute atomic E-state index is 12.7. The number of benzene rings is 1. The quantitative estimate of drug-likeness (QED) is 0.620. The molecular weight excluding hydrogens is 450 g/mol. The van der Waals surface area contributed by atoms with Crippen LogP contribution in [0.5, 0.6) is 0 Å². The Labute approximate surface area is 172 Å². The number of amides is 1. The third kappa shape index (κ3) is 4.73. The average Bonchev–Trinajstić information content (AvgIpc) is 3.06. The highest BCUT2D eigenvalue weighted by Crippen LogP contribution is 2.24. The summed E-state index contributed by atoms with van der Waals surface area (Å²) in [5, 5.41) is 5.36. The number of aromatic nitrogens is 2. The summed E-state index contributed by atoms with van der Waals surface area (Å²) in [7, 11) is -3.71. The molecule has 8 nitrogen and oxygen atoms in total. The first-order chi connectivity index (χ1) is 13.2. The van der Waals surface area contributed by atoms with Crippen molar-refractivity contribution in [2.45, 2.75) is 50.2 Å². The lowest BCUT2D eigenvalue weighted by molar-refractivity contribution is -0.201. The molecule has 154 valence electrons. The van der Waals surface area contributed by atoms with Crippen LogP contribution in [-0.2, 0) is 30.8 Å². The van der Waals surface area contributed by atoms with Crippen LogP contribution in [0.3, 0.4) is 0 Å². The summed E-state index contributed by atoms with van der Waals surface area (Å²) in [5.41, 5.74) is 3.09. The van der Waals surface area contributed by atoms with E-state index < -0.39 is 26.8 Å². The van der Waals surface area contributed by atoms with E-state index in [1.54, 1.807) is 4.68 Å². The molecule has 1 aromatic heterocycles. The minimum atomic E-state index is -3.71. The maximum Gasteiger partial charge on any atom is 0.264 e. The fraction of sp³-hybridized carbons (Fsp3) is 0.556. The Bertz CT molecular complexity index is 955. The summed E-state index contributed by atoms with van der Waals surface area (Å²) < 4.78 is 31.1. The van der Waals surface area contributed by atoms with Crippen molar-refractivity contribution >= 4 is 42.6 Å². The summed E-state index contributed by atoms with van der Waals surface area (Å²) in [6, 6.07) is 5.69. The molecule has 2 unspecified atom stereocenters. The van der Waals surface area contributed by atoms with E-state index in [-0.39, 0.29) is 13.0 Å². The molecule has 2 aromatic rings. The number of halogens is 1. The van der Waals surface area contributed by atoms with E-state index in [2.05, 4.69) is 26.5 Å². The van der Waals surface area contributed by atoms with Crippen LogP contribution in [0, 0.1) is 0 Å². The molecular formula is C18H24BrN3O5S. The largest absolute Gasteiger partial charge is 0.350 e. The molecule has 10 heteroatoms. The molecule has 1 aromatic carbocycles. The van der Waals surface area contributed by atoms with Crippen molar-refractivity contribution < 1.29 is 22.8 Å². The van der Waals surface area contributed by atoms with Gasteiger partial charge in [-0.25, -0.2) is 18.7 Å². The van der Waals surface area contributed by atoms with Crippen molar-refractivity contribution in [3.05, 3.63) is 28.9 Å². The number of fused-ring (bicyclic) bond motifs is 1. The Morgan fingerprint density at radius 1 is 1.46 bits per heavy atom. The molecule has 0 spiro atoms. The maximum atomic E-state index is 12.7. The average molecular weight is 474 g/mol. The minimum Gasteiger partial charge on any atom is -0.350 e. The summed E-state index contributed by atoms with van der Waals surface area (Å²) in [5.74, 6) is -0.705. The first-order valence-corrected chi connectivity index (χ1v) is 11.8. The van der Waals surface area contributed by atoms with Gasteiger partial charge in [0.15, 0.2) is 20.9 Å². The first-order valence-electron chi connectivity index (χ1n) is 9.09. The number of hydrogen-bond acceptors (Lipinski definition) is 6. The molecule has 1 fully saturated rings. The fourth-order valence-electron chi connectivity index (χ4n) is 2.99. The Kier molecular flexibility index (Phi) is 6.43. The van der Waals surface area contributed by atoms with Crippen LogP contribution in [0.15, 0.2) is 28.9 Å². The smallest absolute Gasteiger partial charge is 0.264 e. The number of rotatable bonds is 7. The second-order valence-electron chi connectivity index (χ2n) is 7.19. The molecule has 1 saturated heterocycles. The van der Waals surface area contributed by atoms with Gasteiger partial charge in [0.2, 0.25) is 0 Å². The Hall–Kier alpha value is -1.49. The van der Waals surface area contributed by atoms with Gasteiger partial charge in [0.05, 0.1) is 5.52 Å². The molecule has 1 aliphatic heterocycles. The van der Waals surface area contributed by atoms with E-state index in [9.17, 15) is 13.2 Å². The van der Waals surface area contributed by atoms with E-state index >= 15 is 0 Å². The van der Waals surface area contributed by atoms with Gasteiger partial charge < -0.3 is 4.74 Å². The topological polar surface area (TPSA) is 99.5 Å². The molecule has 0 aliphatic carbocycles. The van der Waals surface area contributed by atoms with E-state index in [0.717, 1.165) is 34.5 Å². The lowest BCUT2D eigenvalue weighted by Gasteiger charge is -2.28. The zero-order valence-corrected chi connectivity index (χ0v) is 18.3. The third-order valence-electron chi connectivity index (χ3n) is 5.05. The third-order valence-corrected chi connectivity index (χ3v) is 7.57. The van der Waals surface area contributed by atoms with Gasteiger partial charge in [0, 0.05) is 41.9 Å². The van der Waals surface area contributed by atoms with Crippen molar-refractivity contribution in [3.8, 4) is 0 Å². The van der Waals surface area contributed by atoms with Crippen molar-refractivity contribution in [1.82, 2.24) is 15.3 Å². The van der Waals surface area contributed by atoms with Crippen LogP contribution < -0.4 is 5.48 Å². The zero-order chi connectivity index (χ0) is 20.4. The van der Waals surface area contributed by atoms with Crippen molar-refractivity contribution in [2.24, 2.45) is 0 Å². The normalized spacial score (nSPS) is 20.0. The van der Waals surface area contributed by atoms with Crippen molar-refractivity contribution in [3.63, 3.8) is 0 Å². The highest BCUT2D eigenvalue weighted by molar-refractivity contribution is 9.10. The number of hydroxylamine groups is 1. The van der Waals surface area contributed by atoms with Gasteiger partial charge in [-0.2, -0.15) is 5.10 Å². The van der Waals surface area contributed by atoms with Gasteiger partial charge in [-0.1, -0.05) is 15.9 Å². The molecule has 3 rings (SSSR count). The van der Waals surface area contributed by atoms with Crippen molar-refractivity contribution in [2.75, 3.05) is 12.9 Å². The molecule has 2 heterocycles. The molecule has 1 amide bonds. The van der Waals surface area contributed by atoms with Gasteiger partial charge in [0.1, 0.15) is 0 Å². The number of carbonyl (C=O) groups is 1. The van der Waals surface area contributed by atoms with Crippen LogP contribution in [0.4, 0.5) is 0 Å². The fourth-order valence-corrected chi connectivity index (χ4v) is 4.21. The summed E-state index contributed by atoms with van der Waals surface area (Å²) in [6.07, 6.45) is 4.94. The lowest BCUT2D eigenvalue weighted by Crippen LogP contribution is -2.51. The summed E-state index contributed by atoms with van der Waals surface area (Å²) in [4.78, 5) is 18.0. The monoisotopic (exact) mass is 473 g/mol. The number of carbonyl (C=O) groups excluding carboxylic acids is 1. The van der Waals surface area contributed by atoms with Gasteiger partial charge in [-0.15, -0.1) is 0 Å². The number of nitrogens with zero attached hydrogens (tertiary/aromatic N) is 2. The minimum absolute atomic E-state index is 0.0573. The van der Waals surface area contributed by atoms with E-state index in [1.807, 2.05) is 24.4 Å². The second-order valence-corrected chi connectivity index (χ2v) is 10.6. The Balaban J connectivity index is 1.70. The highest BCUT2D eigenvalue weighted by Gasteiger charge is 2.44. The molecule has 0 radical (unpaired) electrons. The Morgan fingerprint density at radius 3 is 2.93 bits per heavy atom. The summed E-state index contributed by atoms with van der Waals surface area (Å²) >= 11 is 3.41. The predicted molar refractivity (Wildman–Crippen MR) is 108 cm³/mol. The predicted octanol–water partition coefficient (Wildman–Crippen LogP) is 2.57. The van der Waals surface area contributed by atoms with Crippen LogP contribution in [0.25, 0.3) is 10.9 Å². The standard InChI is InChI=1S/C18H24BrN3O5S/c1-18(28(2,24)25,17(23)21-27-16-5-3-4-10-26-16)8-9-22-12-13-11-14(19)6-7-15(13)20-22/h6-7,11-12,16H,3-5,8-10H2,1-2H3,(H,21,23). The number of hydrogen-bond donors (Lipinski definition) is 1. The molecule has 1 aliphatic rings. The number of nitrogens with one attached hydrogen (secondary N) is 1.